The third-order valence-corrected chi connectivity index (χ3v) is 4.05. The summed E-state index contributed by atoms with van der Waals surface area (Å²) in [7, 11) is 0. The summed E-state index contributed by atoms with van der Waals surface area (Å²) < 4.78 is 1.94. The van der Waals surface area contributed by atoms with Crippen LogP contribution in [-0.4, -0.2) is 20.2 Å². The topological polar surface area (TPSA) is 69.6 Å². The lowest BCUT2D eigenvalue weighted by Gasteiger charge is -2.06. The number of hydrogen-bond acceptors (Lipinski definition) is 5. The maximum Gasteiger partial charge on any atom is 0.161 e. The first-order chi connectivity index (χ1) is 8.74. The van der Waals surface area contributed by atoms with Crippen molar-refractivity contribution in [2.24, 2.45) is 0 Å². The van der Waals surface area contributed by atoms with Crippen molar-refractivity contribution in [1.82, 2.24) is 20.2 Å². The summed E-state index contributed by atoms with van der Waals surface area (Å²) in [5.74, 6) is 1.69. The van der Waals surface area contributed by atoms with E-state index in [4.69, 9.17) is 5.73 Å². The van der Waals surface area contributed by atoms with Crippen LogP contribution in [0.15, 0.2) is 23.1 Å². The molecule has 0 atom stereocenters. The minimum Gasteiger partial charge on any atom is -0.398 e. The number of hydrogen-bond donors (Lipinski definition) is 1. The van der Waals surface area contributed by atoms with Crippen molar-refractivity contribution in [3.8, 4) is 0 Å². The van der Waals surface area contributed by atoms with Gasteiger partial charge in [0.2, 0.25) is 0 Å². The Bertz CT molecular complexity index is 561. The predicted octanol–water partition coefficient (Wildman–Crippen LogP) is 2.19. The molecule has 1 aromatic carbocycles. The molecule has 0 spiro atoms. The second-order valence-electron chi connectivity index (χ2n) is 4.60. The molecular formula is C12H15N5S. The van der Waals surface area contributed by atoms with Crippen LogP contribution < -0.4 is 5.73 Å². The van der Waals surface area contributed by atoms with Gasteiger partial charge in [-0.25, -0.2) is 4.68 Å². The molecule has 1 fully saturated rings. The third-order valence-electron chi connectivity index (χ3n) is 2.98. The van der Waals surface area contributed by atoms with Crippen LogP contribution >= 0.6 is 11.8 Å². The number of tetrazole rings is 1. The van der Waals surface area contributed by atoms with Crippen molar-refractivity contribution in [2.75, 3.05) is 5.73 Å². The Kier molecular flexibility index (Phi) is 2.95. The molecule has 0 radical (unpaired) electrons. The molecule has 0 saturated heterocycles. The fourth-order valence-electron chi connectivity index (χ4n) is 1.82. The fraction of sp³-hybridized carbons (Fsp3) is 0.417. The van der Waals surface area contributed by atoms with E-state index in [-0.39, 0.29) is 0 Å². The van der Waals surface area contributed by atoms with Gasteiger partial charge in [-0.1, -0.05) is 6.07 Å². The van der Waals surface area contributed by atoms with Crippen LogP contribution in [0.2, 0.25) is 0 Å². The van der Waals surface area contributed by atoms with Gasteiger partial charge in [-0.2, -0.15) is 0 Å². The first-order valence-electron chi connectivity index (χ1n) is 5.99. The van der Waals surface area contributed by atoms with Crippen molar-refractivity contribution < 1.29 is 0 Å². The highest BCUT2D eigenvalue weighted by molar-refractivity contribution is 7.98. The lowest BCUT2D eigenvalue weighted by molar-refractivity contribution is 0.593. The van der Waals surface area contributed by atoms with E-state index in [1.54, 1.807) is 11.8 Å². The normalized spacial score (nSPS) is 14.9. The van der Waals surface area contributed by atoms with E-state index in [0.717, 1.165) is 22.2 Å². The Morgan fingerprint density at radius 3 is 3.06 bits per heavy atom. The number of aryl methyl sites for hydroxylation is 1. The molecule has 2 aromatic rings. The summed E-state index contributed by atoms with van der Waals surface area (Å²) in [6.45, 7) is 2.07. The molecule has 0 unspecified atom stereocenters. The molecule has 3 rings (SSSR count). The van der Waals surface area contributed by atoms with Gasteiger partial charge >= 0.3 is 0 Å². The van der Waals surface area contributed by atoms with Gasteiger partial charge in [0.05, 0.1) is 11.8 Å². The smallest absolute Gasteiger partial charge is 0.161 e. The number of anilines is 1. The zero-order valence-electron chi connectivity index (χ0n) is 10.2. The minimum absolute atomic E-state index is 0.519. The maximum atomic E-state index is 5.96. The largest absolute Gasteiger partial charge is 0.398 e. The first kappa shape index (κ1) is 11.5. The zero-order valence-corrected chi connectivity index (χ0v) is 11.0. The third kappa shape index (κ3) is 2.33. The van der Waals surface area contributed by atoms with Crippen LogP contribution in [0, 0.1) is 6.92 Å². The molecule has 6 heteroatoms. The van der Waals surface area contributed by atoms with Gasteiger partial charge in [0, 0.05) is 10.6 Å². The number of nitrogens with zero attached hydrogens (tertiary/aromatic N) is 4. The SMILES string of the molecule is Cc1ccc(N)c(SCc2nnnn2C2CC2)c1. The van der Waals surface area contributed by atoms with Gasteiger partial charge in [0.25, 0.3) is 0 Å². The van der Waals surface area contributed by atoms with Crippen molar-refractivity contribution in [3.05, 3.63) is 29.6 Å². The van der Waals surface area contributed by atoms with Gasteiger partial charge in [-0.05, 0) is 47.9 Å². The Hall–Kier alpha value is -1.56. The number of nitrogen functional groups attached to an aromatic ring is 1. The molecule has 2 N–H and O–H groups in total. The Morgan fingerprint density at radius 2 is 2.28 bits per heavy atom. The van der Waals surface area contributed by atoms with Crippen LogP contribution in [0.3, 0.4) is 0 Å². The van der Waals surface area contributed by atoms with Gasteiger partial charge in [-0.3, -0.25) is 0 Å². The molecule has 0 bridgehead atoms. The van der Waals surface area contributed by atoms with Gasteiger partial charge < -0.3 is 5.73 Å². The van der Waals surface area contributed by atoms with Crippen LogP contribution in [0.1, 0.15) is 30.3 Å². The minimum atomic E-state index is 0.519. The summed E-state index contributed by atoms with van der Waals surface area (Å²) in [6, 6.07) is 6.59. The van der Waals surface area contributed by atoms with E-state index in [2.05, 4.69) is 28.5 Å². The van der Waals surface area contributed by atoms with Crippen LogP contribution in [0.4, 0.5) is 5.69 Å². The maximum absolute atomic E-state index is 5.96. The fourth-order valence-corrected chi connectivity index (χ4v) is 2.80. The lowest BCUT2D eigenvalue weighted by Crippen LogP contribution is -2.02. The first-order valence-corrected chi connectivity index (χ1v) is 6.98. The second kappa shape index (κ2) is 4.61. The van der Waals surface area contributed by atoms with E-state index in [1.807, 2.05) is 16.8 Å². The van der Waals surface area contributed by atoms with Gasteiger partial charge in [0.1, 0.15) is 0 Å². The van der Waals surface area contributed by atoms with Crippen molar-refractivity contribution >= 4 is 17.4 Å². The number of aromatic nitrogens is 4. The highest BCUT2D eigenvalue weighted by Crippen LogP contribution is 2.36. The van der Waals surface area contributed by atoms with Crippen LogP contribution in [-0.2, 0) is 5.75 Å². The summed E-state index contributed by atoms with van der Waals surface area (Å²) in [5.41, 5.74) is 7.99. The average Bonchev–Trinajstić information content (AvgIpc) is 3.10. The summed E-state index contributed by atoms with van der Waals surface area (Å²) in [6.07, 6.45) is 2.38. The standard InChI is InChI=1S/C12H15N5S/c1-8-2-5-10(13)11(6-8)18-7-12-14-15-16-17(12)9-3-4-9/h2,5-6,9H,3-4,7,13H2,1H3. The van der Waals surface area contributed by atoms with E-state index < -0.39 is 0 Å². The summed E-state index contributed by atoms with van der Waals surface area (Å²) in [4.78, 5) is 1.10. The van der Waals surface area contributed by atoms with Crippen molar-refractivity contribution in [1.29, 1.82) is 0 Å². The molecule has 18 heavy (non-hydrogen) atoms. The number of rotatable bonds is 4. The molecule has 1 saturated carbocycles. The Balaban J connectivity index is 1.73. The molecule has 1 aromatic heterocycles. The number of benzene rings is 1. The summed E-state index contributed by atoms with van der Waals surface area (Å²) >= 11 is 1.69. The van der Waals surface area contributed by atoms with Crippen molar-refractivity contribution in [3.63, 3.8) is 0 Å². The molecule has 0 aliphatic heterocycles. The van der Waals surface area contributed by atoms with Crippen molar-refractivity contribution in [2.45, 2.75) is 36.5 Å². The average molecular weight is 261 g/mol. The molecule has 5 nitrogen and oxygen atoms in total. The van der Waals surface area contributed by atoms with Crippen LogP contribution in [0.25, 0.3) is 0 Å². The molecule has 94 valence electrons. The lowest BCUT2D eigenvalue weighted by atomic mass is 10.2. The second-order valence-corrected chi connectivity index (χ2v) is 5.62. The van der Waals surface area contributed by atoms with E-state index >= 15 is 0 Å². The molecular weight excluding hydrogens is 246 g/mol. The monoisotopic (exact) mass is 261 g/mol. The highest BCUT2D eigenvalue weighted by atomic mass is 32.2. The quantitative estimate of drug-likeness (QED) is 0.675. The molecule has 1 aliphatic carbocycles. The molecule has 1 aliphatic rings. The number of nitrogens with two attached hydrogens (primary N) is 1. The van der Waals surface area contributed by atoms with Gasteiger partial charge in [-0.15, -0.1) is 16.9 Å². The van der Waals surface area contributed by atoms with E-state index in [9.17, 15) is 0 Å². The predicted molar refractivity (Wildman–Crippen MR) is 71.2 cm³/mol. The summed E-state index contributed by atoms with van der Waals surface area (Å²) in [5, 5.41) is 11.9. The Labute approximate surface area is 110 Å². The van der Waals surface area contributed by atoms with Gasteiger partial charge in [0.15, 0.2) is 5.82 Å². The highest BCUT2D eigenvalue weighted by Gasteiger charge is 2.27. The molecule has 1 heterocycles. The van der Waals surface area contributed by atoms with E-state index in [0.29, 0.717) is 6.04 Å². The Morgan fingerprint density at radius 1 is 1.44 bits per heavy atom. The zero-order chi connectivity index (χ0) is 12.5. The van der Waals surface area contributed by atoms with E-state index in [1.165, 1.54) is 18.4 Å². The van der Waals surface area contributed by atoms with Crippen LogP contribution in [0.5, 0.6) is 0 Å². The molecule has 0 amide bonds. The number of thioether (sulfide) groups is 1.